The maximum Gasteiger partial charge on any atom is 0.239 e. The second-order valence-electron chi connectivity index (χ2n) is 7.53. The Morgan fingerprint density at radius 2 is 1.93 bits per heavy atom. The monoisotopic (exact) mass is 378 g/mol. The van der Waals surface area contributed by atoms with E-state index in [9.17, 15) is 4.79 Å². The summed E-state index contributed by atoms with van der Waals surface area (Å²) < 4.78 is 7.33. The first kappa shape index (κ1) is 17.3. The van der Waals surface area contributed by atoms with Crippen LogP contribution in [0, 0.1) is 0 Å². The Hall–Kier alpha value is -2.84. The van der Waals surface area contributed by atoms with Gasteiger partial charge in [0.25, 0.3) is 0 Å². The quantitative estimate of drug-likeness (QED) is 0.746. The van der Waals surface area contributed by atoms with Gasteiger partial charge in [-0.3, -0.25) is 19.4 Å². The molecule has 0 aliphatic carbocycles. The molecule has 8 nitrogen and oxygen atoms in total. The van der Waals surface area contributed by atoms with E-state index in [0.29, 0.717) is 24.4 Å². The maximum atomic E-state index is 12.6. The van der Waals surface area contributed by atoms with Gasteiger partial charge in [-0.25, -0.2) is 4.98 Å². The Balaban J connectivity index is 1.33. The van der Waals surface area contributed by atoms with Gasteiger partial charge in [-0.05, 0) is 30.4 Å². The maximum absolute atomic E-state index is 12.6. The Morgan fingerprint density at radius 1 is 1.14 bits per heavy atom. The van der Waals surface area contributed by atoms with Crippen LogP contribution in [0.3, 0.4) is 0 Å². The van der Waals surface area contributed by atoms with Gasteiger partial charge in [-0.1, -0.05) is 0 Å². The zero-order chi connectivity index (χ0) is 19.1. The summed E-state index contributed by atoms with van der Waals surface area (Å²) in [5, 5.41) is 9.05. The van der Waals surface area contributed by atoms with Crippen molar-refractivity contribution in [1.29, 1.82) is 0 Å². The minimum atomic E-state index is -0.0350. The molecule has 0 radical (unpaired) electrons. The molecule has 0 spiro atoms. The number of hydrogen-bond donors (Lipinski definition) is 1. The molecule has 2 fully saturated rings. The van der Waals surface area contributed by atoms with Crippen molar-refractivity contribution in [2.75, 3.05) is 25.1 Å². The van der Waals surface area contributed by atoms with Crippen molar-refractivity contribution < 1.29 is 9.53 Å². The van der Waals surface area contributed by atoms with Crippen molar-refractivity contribution in [3.8, 4) is 11.3 Å². The van der Waals surface area contributed by atoms with Gasteiger partial charge >= 0.3 is 0 Å². The zero-order valence-electron chi connectivity index (χ0n) is 15.7. The molecule has 144 valence electrons. The molecule has 3 aromatic rings. The number of aryl methyl sites for hydroxylation is 1. The minimum absolute atomic E-state index is 0.0350. The molecule has 1 N–H and O–H groups in total. The van der Waals surface area contributed by atoms with Crippen LogP contribution in [0.1, 0.15) is 12.8 Å². The van der Waals surface area contributed by atoms with Gasteiger partial charge in [0.1, 0.15) is 5.82 Å². The summed E-state index contributed by atoms with van der Waals surface area (Å²) in [5.41, 5.74) is 1.79. The fourth-order valence-electron chi connectivity index (χ4n) is 4.14. The van der Waals surface area contributed by atoms with E-state index in [2.05, 4.69) is 25.3 Å². The molecule has 0 aromatic carbocycles. The Kier molecular flexibility index (Phi) is 4.29. The molecule has 2 aliphatic rings. The predicted octanol–water partition coefficient (Wildman–Crippen LogP) is 1.83. The summed E-state index contributed by atoms with van der Waals surface area (Å²) in [4.78, 5) is 23.7. The van der Waals surface area contributed by atoms with E-state index < -0.39 is 0 Å². The number of carbonyl (C=O) groups is 1. The van der Waals surface area contributed by atoms with Crippen LogP contribution in [0.25, 0.3) is 22.0 Å². The number of ether oxygens (including phenoxy) is 1. The molecule has 2 saturated heterocycles. The van der Waals surface area contributed by atoms with Gasteiger partial charge in [-0.15, -0.1) is 0 Å². The van der Waals surface area contributed by atoms with Gasteiger partial charge in [0.2, 0.25) is 5.91 Å². The summed E-state index contributed by atoms with van der Waals surface area (Å²) in [6.07, 6.45) is 9.46. The van der Waals surface area contributed by atoms with Gasteiger partial charge in [-0.2, -0.15) is 5.10 Å². The van der Waals surface area contributed by atoms with Crippen LogP contribution >= 0.6 is 0 Å². The number of amides is 1. The van der Waals surface area contributed by atoms with Gasteiger partial charge < -0.3 is 10.1 Å². The van der Waals surface area contributed by atoms with Crippen molar-refractivity contribution >= 4 is 22.5 Å². The number of carbonyl (C=O) groups excluding carboxylic acids is 1. The molecule has 3 aromatic heterocycles. The molecular weight excluding hydrogens is 356 g/mol. The average molecular weight is 378 g/mol. The fourth-order valence-corrected chi connectivity index (χ4v) is 4.14. The summed E-state index contributed by atoms with van der Waals surface area (Å²) in [7, 11) is 1.88. The van der Waals surface area contributed by atoms with Crippen molar-refractivity contribution in [1.82, 2.24) is 24.6 Å². The first-order valence-electron chi connectivity index (χ1n) is 9.54. The highest BCUT2D eigenvalue weighted by Gasteiger charge is 2.38. The fraction of sp³-hybridized carbons (Fsp3) is 0.400. The van der Waals surface area contributed by atoms with E-state index >= 15 is 0 Å². The smallest absolute Gasteiger partial charge is 0.239 e. The van der Waals surface area contributed by atoms with Gasteiger partial charge in [0.15, 0.2) is 0 Å². The molecule has 5 rings (SSSR count). The molecule has 2 aliphatic heterocycles. The van der Waals surface area contributed by atoms with Crippen LogP contribution in [0.2, 0.25) is 0 Å². The van der Waals surface area contributed by atoms with Crippen LogP contribution in [0.4, 0.5) is 5.82 Å². The second-order valence-corrected chi connectivity index (χ2v) is 7.53. The van der Waals surface area contributed by atoms with Crippen LogP contribution < -0.4 is 5.32 Å². The Labute approximate surface area is 162 Å². The van der Waals surface area contributed by atoms with E-state index in [1.54, 1.807) is 23.3 Å². The molecule has 0 saturated carbocycles. The number of morpholine rings is 1. The standard InChI is InChI=1S/C20H22N6O2/c1-25-9-15(8-23-25)18-4-13-5-19(22-7-14(13)6-21-18)24-20(27)10-26-16-2-3-17(26)12-28-11-16/h4-9,16-17H,2-3,10-12H2,1H3,(H,22,24,27). The van der Waals surface area contributed by atoms with Crippen LogP contribution in [-0.4, -0.2) is 62.4 Å². The summed E-state index contributed by atoms with van der Waals surface area (Å²) >= 11 is 0. The molecule has 28 heavy (non-hydrogen) atoms. The minimum Gasteiger partial charge on any atom is -0.378 e. The molecule has 2 atom stereocenters. The molecule has 8 heteroatoms. The average Bonchev–Trinajstić information content (AvgIpc) is 3.20. The summed E-state index contributed by atoms with van der Waals surface area (Å²) in [5.74, 6) is 0.522. The first-order chi connectivity index (χ1) is 13.7. The summed E-state index contributed by atoms with van der Waals surface area (Å²) in [6, 6.07) is 4.61. The van der Waals surface area contributed by atoms with Crippen LogP contribution in [-0.2, 0) is 16.6 Å². The van der Waals surface area contributed by atoms with Crippen LogP contribution in [0.15, 0.2) is 36.9 Å². The van der Waals surface area contributed by atoms with E-state index in [1.165, 1.54) is 0 Å². The van der Waals surface area contributed by atoms with E-state index in [1.807, 2.05) is 25.4 Å². The predicted molar refractivity (Wildman–Crippen MR) is 105 cm³/mol. The number of fused-ring (bicyclic) bond motifs is 3. The van der Waals surface area contributed by atoms with Gasteiger partial charge in [0, 0.05) is 48.7 Å². The van der Waals surface area contributed by atoms with Crippen molar-refractivity contribution in [3.05, 3.63) is 36.9 Å². The lowest BCUT2D eigenvalue weighted by molar-refractivity contribution is -0.120. The van der Waals surface area contributed by atoms with E-state index in [0.717, 1.165) is 48.1 Å². The van der Waals surface area contributed by atoms with Crippen molar-refractivity contribution in [2.45, 2.75) is 24.9 Å². The largest absolute Gasteiger partial charge is 0.378 e. The topological polar surface area (TPSA) is 85.2 Å². The lowest BCUT2D eigenvalue weighted by Gasteiger charge is -2.33. The first-order valence-corrected chi connectivity index (χ1v) is 9.54. The Morgan fingerprint density at radius 3 is 2.68 bits per heavy atom. The number of nitrogens with one attached hydrogen (secondary N) is 1. The highest BCUT2D eigenvalue weighted by Crippen LogP contribution is 2.28. The van der Waals surface area contributed by atoms with Crippen molar-refractivity contribution in [2.24, 2.45) is 7.05 Å². The second kappa shape index (κ2) is 6.96. The number of pyridine rings is 2. The lowest BCUT2D eigenvalue weighted by Crippen LogP contribution is -2.48. The molecular formula is C20H22N6O2. The number of rotatable bonds is 4. The number of nitrogens with zero attached hydrogens (tertiary/aromatic N) is 5. The number of aromatic nitrogens is 4. The van der Waals surface area contributed by atoms with Gasteiger partial charge in [0.05, 0.1) is 31.6 Å². The van der Waals surface area contributed by atoms with Crippen molar-refractivity contribution in [3.63, 3.8) is 0 Å². The summed E-state index contributed by atoms with van der Waals surface area (Å²) in [6.45, 7) is 1.83. The third-order valence-electron chi connectivity index (χ3n) is 5.59. The molecule has 2 unspecified atom stereocenters. The highest BCUT2D eigenvalue weighted by molar-refractivity contribution is 5.94. The lowest BCUT2D eigenvalue weighted by atomic mass is 10.1. The molecule has 5 heterocycles. The SMILES string of the molecule is Cn1cc(-c2cc3cc(NC(=O)CN4C5CCC4COC5)ncc3cn2)cn1. The normalized spacial score (nSPS) is 21.9. The number of anilines is 1. The Bertz CT molecular complexity index is 1020. The van der Waals surface area contributed by atoms with E-state index in [4.69, 9.17) is 4.74 Å². The third kappa shape index (κ3) is 3.25. The number of hydrogen-bond acceptors (Lipinski definition) is 6. The molecule has 1 amide bonds. The zero-order valence-corrected chi connectivity index (χ0v) is 15.7. The van der Waals surface area contributed by atoms with Crippen LogP contribution in [0.5, 0.6) is 0 Å². The molecule has 2 bridgehead atoms. The van der Waals surface area contributed by atoms with E-state index in [-0.39, 0.29) is 5.91 Å². The highest BCUT2D eigenvalue weighted by atomic mass is 16.5. The third-order valence-corrected chi connectivity index (χ3v) is 5.59.